The predicted molar refractivity (Wildman–Crippen MR) is 104 cm³/mol. The third-order valence-corrected chi connectivity index (χ3v) is 6.02. The number of halogens is 1. The summed E-state index contributed by atoms with van der Waals surface area (Å²) in [5.41, 5.74) is 3.71. The van der Waals surface area contributed by atoms with Gasteiger partial charge in [0.05, 0.1) is 11.7 Å². The quantitative estimate of drug-likeness (QED) is 0.608. The van der Waals surface area contributed by atoms with Crippen molar-refractivity contribution in [2.75, 3.05) is 6.54 Å². The van der Waals surface area contributed by atoms with Crippen LogP contribution in [0.5, 0.6) is 0 Å². The Bertz CT molecular complexity index is 1040. The van der Waals surface area contributed by atoms with E-state index in [1.165, 1.54) is 6.33 Å². The molecule has 0 saturated carbocycles. The number of aromatic nitrogens is 3. The average Bonchev–Trinajstić information content (AvgIpc) is 3.24. The lowest BCUT2D eigenvalue weighted by molar-refractivity contribution is -0.0473. The molecule has 28 heavy (non-hydrogen) atoms. The van der Waals surface area contributed by atoms with Gasteiger partial charge in [0.2, 0.25) is 0 Å². The van der Waals surface area contributed by atoms with Gasteiger partial charge in [0.15, 0.2) is 6.23 Å². The molecule has 3 N–H and O–H groups in total. The molecule has 5 atom stereocenters. The van der Waals surface area contributed by atoms with E-state index in [2.05, 4.69) is 15.3 Å². The van der Waals surface area contributed by atoms with E-state index in [1.807, 2.05) is 37.4 Å². The fraction of sp³-hybridized carbons (Fsp3) is 0.400. The van der Waals surface area contributed by atoms with E-state index in [0.717, 1.165) is 35.2 Å². The van der Waals surface area contributed by atoms with Gasteiger partial charge in [0.1, 0.15) is 30.3 Å². The zero-order chi connectivity index (χ0) is 19.4. The van der Waals surface area contributed by atoms with Crippen LogP contribution in [0.15, 0.2) is 36.8 Å². The molecule has 7 nitrogen and oxygen atoms in total. The lowest BCUT2D eigenvalue weighted by Gasteiger charge is -2.32. The van der Waals surface area contributed by atoms with Gasteiger partial charge in [-0.25, -0.2) is 9.97 Å². The molecule has 5 rings (SSSR count). The molecule has 1 fully saturated rings. The monoisotopic (exact) mass is 400 g/mol. The van der Waals surface area contributed by atoms with E-state index in [-0.39, 0.29) is 6.04 Å². The van der Waals surface area contributed by atoms with Crippen LogP contribution in [-0.2, 0) is 11.2 Å². The number of benzene rings is 1. The van der Waals surface area contributed by atoms with Crippen LogP contribution in [0.3, 0.4) is 0 Å². The molecule has 2 aromatic heterocycles. The molecule has 0 aliphatic carbocycles. The molecule has 1 aromatic carbocycles. The topological polar surface area (TPSA) is 92.4 Å². The van der Waals surface area contributed by atoms with Crippen LogP contribution in [0.25, 0.3) is 11.0 Å². The summed E-state index contributed by atoms with van der Waals surface area (Å²) in [6.07, 6.45) is 0.732. The number of hydrogen-bond acceptors (Lipinski definition) is 6. The van der Waals surface area contributed by atoms with E-state index in [4.69, 9.17) is 16.3 Å². The number of hydrogen-bond donors (Lipinski definition) is 3. The molecule has 0 spiro atoms. The van der Waals surface area contributed by atoms with E-state index in [1.54, 1.807) is 4.57 Å². The highest BCUT2D eigenvalue weighted by atomic mass is 35.5. The van der Waals surface area contributed by atoms with Crippen LogP contribution in [-0.4, -0.2) is 49.6 Å². The number of aryl methyl sites for hydroxylation is 1. The van der Waals surface area contributed by atoms with Crippen molar-refractivity contribution in [1.29, 1.82) is 0 Å². The fourth-order valence-corrected chi connectivity index (χ4v) is 4.55. The molecule has 0 radical (unpaired) electrons. The SMILES string of the molecule is Cc1ncnc2c1ccn2[C@@H]1O[C@H]([C@@H]2NCCc3cc(Cl)ccc32)[C@@H](O)[C@H]1O. The van der Waals surface area contributed by atoms with Crippen molar-refractivity contribution in [2.24, 2.45) is 0 Å². The first kappa shape index (κ1) is 18.0. The Labute approximate surface area is 166 Å². The number of aliphatic hydroxyl groups excluding tert-OH is 2. The number of nitrogens with zero attached hydrogens (tertiary/aromatic N) is 3. The van der Waals surface area contributed by atoms with Crippen molar-refractivity contribution < 1.29 is 14.9 Å². The Morgan fingerprint density at radius 2 is 2.07 bits per heavy atom. The minimum atomic E-state index is -1.07. The Morgan fingerprint density at radius 3 is 2.93 bits per heavy atom. The van der Waals surface area contributed by atoms with Crippen LogP contribution >= 0.6 is 11.6 Å². The number of fused-ring (bicyclic) bond motifs is 2. The second-order valence-corrected chi connectivity index (χ2v) is 7.85. The van der Waals surface area contributed by atoms with Crippen molar-refractivity contribution in [2.45, 2.75) is 43.9 Å². The summed E-state index contributed by atoms with van der Waals surface area (Å²) >= 11 is 6.14. The maximum absolute atomic E-state index is 10.8. The van der Waals surface area contributed by atoms with Crippen molar-refractivity contribution in [1.82, 2.24) is 19.9 Å². The van der Waals surface area contributed by atoms with Gasteiger partial charge in [0, 0.05) is 16.6 Å². The van der Waals surface area contributed by atoms with Crippen molar-refractivity contribution in [3.63, 3.8) is 0 Å². The minimum Gasteiger partial charge on any atom is -0.387 e. The molecule has 2 aliphatic rings. The van der Waals surface area contributed by atoms with Gasteiger partial charge in [0.25, 0.3) is 0 Å². The zero-order valence-electron chi connectivity index (χ0n) is 15.3. The molecule has 146 valence electrons. The number of ether oxygens (including phenoxy) is 1. The third kappa shape index (κ3) is 2.74. The molecular formula is C20H21ClN4O3. The van der Waals surface area contributed by atoms with Gasteiger partial charge in [-0.05, 0) is 49.2 Å². The Kier molecular flexibility index (Phi) is 4.37. The molecule has 0 amide bonds. The fourth-order valence-electron chi connectivity index (χ4n) is 4.35. The summed E-state index contributed by atoms with van der Waals surface area (Å²) in [4.78, 5) is 8.54. The normalized spacial score (nSPS) is 29.9. The minimum absolute atomic E-state index is 0.228. The van der Waals surface area contributed by atoms with E-state index in [0.29, 0.717) is 10.7 Å². The standard InChI is InChI=1S/C20H21ClN4O3/c1-10-13-5-7-25(19(13)24-9-23-10)20-17(27)16(26)18(28-20)15-14-3-2-12(21)8-11(14)4-6-22-15/h2-3,5,7-9,15-18,20,22,26-27H,4,6H2,1H3/t15-,16+,17-,18-,20-/m1/s1. The predicted octanol–water partition coefficient (Wildman–Crippen LogP) is 1.90. The Balaban J connectivity index is 1.50. The van der Waals surface area contributed by atoms with E-state index in [9.17, 15) is 10.2 Å². The lowest BCUT2D eigenvalue weighted by Crippen LogP contribution is -2.43. The highest BCUT2D eigenvalue weighted by Gasteiger charge is 2.48. The molecule has 2 aliphatic heterocycles. The van der Waals surface area contributed by atoms with Crippen molar-refractivity contribution >= 4 is 22.6 Å². The van der Waals surface area contributed by atoms with Crippen LogP contribution in [0.1, 0.15) is 29.1 Å². The maximum Gasteiger partial charge on any atom is 0.164 e. The van der Waals surface area contributed by atoms with Crippen LogP contribution in [0, 0.1) is 6.92 Å². The third-order valence-electron chi connectivity index (χ3n) is 5.79. The Morgan fingerprint density at radius 1 is 1.21 bits per heavy atom. The maximum atomic E-state index is 10.8. The smallest absolute Gasteiger partial charge is 0.164 e. The van der Waals surface area contributed by atoms with Crippen molar-refractivity contribution in [3.8, 4) is 0 Å². The Hall–Kier alpha value is -2.03. The van der Waals surface area contributed by atoms with Gasteiger partial charge in [-0.1, -0.05) is 17.7 Å². The van der Waals surface area contributed by atoms with Crippen LogP contribution in [0.2, 0.25) is 5.02 Å². The summed E-state index contributed by atoms with van der Waals surface area (Å²) in [5.74, 6) is 0. The second kappa shape index (κ2) is 6.79. The van der Waals surface area contributed by atoms with Gasteiger partial charge >= 0.3 is 0 Å². The van der Waals surface area contributed by atoms with Crippen molar-refractivity contribution in [3.05, 3.63) is 58.6 Å². The van der Waals surface area contributed by atoms with Crippen LogP contribution in [0.4, 0.5) is 0 Å². The number of nitrogens with one attached hydrogen (secondary N) is 1. The first-order chi connectivity index (χ1) is 13.5. The highest BCUT2D eigenvalue weighted by Crippen LogP contribution is 2.39. The first-order valence-electron chi connectivity index (χ1n) is 9.36. The summed E-state index contributed by atoms with van der Waals surface area (Å²) in [5, 5.41) is 26.6. The number of aliphatic hydroxyl groups is 2. The number of rotatable bonds is 2. The molecule has 8 heteroatoms. The van der Waals surface area contributed by atoms with E-state index >= 15 is 0 Å². The van der Waals surface area contributed by atoms with Gasteiger partial charge in [-0.2, -0.15) is 0 Å². The first-order valence-corrected chi connectivity index (χ1v) is 9.74. The van der Waals surface area contributed by atoms with E-state index < -0.39 is 24.5 Å². The summed E-state index contributed by atoms with van der Waals surface area (Å²) in [6, 6.07) is 7.44. The molecule has 4 heterocycles. The van der Waals surface area contributed by atoms with Crippen LogP contribution < -0.4 is 5.32 Å². The summed E-state index contributed by atoms with van der Waals surface area (Å²) < 4.78 is 7.98. The molecule has 0 unspecified atom stereocenters. The zero-order valence-corrected chi connectivity index (χ0v) is 16.0. The largest absolute Gasteiger partial charge is 0.387 e. The van der Waals surface area contributed by atoms with Gasteiger partial charge in [-0.15, -0.1) is 0 Å². The van der Waals surface area contributed by atoms with Gasteiger partial charge < -0.3 is 24.8 Å². The molecule has 1 saturated heterocycles. The average molecular weight is 401 g/mol. The highest BCUT2D eigenvalue weighted by molar-refractivity contribution is 6.30. The second-order valence-electron chi connectivity index (χ2n) is 7.42. The van der Waals surface area contributed by atoms with Gasteiger partial charge in [-0.3, -0.25) is 0 Å². The lowest BCUT2D eigenvalue weighted by atomic mass is 9.89. The molecule has 0 bridgehead atoms. The summed E-state index contributed by atoms with van der Waals surface area (Å²) in [7, 11) is 0. The molecular weight excluding hydrogens is 380 g/mol. The molecule has 3 aromatic rings. The summed E-state index contributed by atoms with van der Waals surface area (Å²) in [6.45, 7) is 2.66.